The van der Waals surface area contributed by atoms with Gasteiger partial charge in [-0.15, -0.1) is 0 Å². The summed E-state index contributed by atoms with van der Waals surface area (Å²) in [4.78, 5) is 11.9. The molecule has 0 unspecified atom stereocenters. The van der Waals surface area contributed by atoms with Crippen molar-refractivity contribution in [3.63, 3.8) is 0 Å². The fraction of sp³-hybridized carbons (Fsp3) is 0.261. The maximum atomic E-state index is 11.9. The van der Waals surface area contributed by atoms with Crippen molar-refractivity contribution in [1.82, 2.24) is 4.57 Å². The lowest BCUT2D eigenvalue weighted by molar-refractivity contribution is 0.0999. The molecule has 2 aromatic carbocycles. The summed E-state index contributed by atoms with van der Waals surface area (Å²) in [6.45, 7) is 5.88. The lowest BCUT2D eigenvalue weighted by atomic mass is 10.1. The average Bonchev–Trinajstić information content (AvgIpc) is 3.04. The molecule has 1 amide bonds. The Morgan fingerprint density at radius 2 is 1.71 bits per heavy atom. The quantitative estimate of drug-likeness (QED) is 0.735. The Morgan fingerprint density at radius 1 is 1.00 bits per heavy atom. The van der Waals surface area contributed by atoms with Crippen molar-refractivity contribution in [2.24, 2.45) is 5.73 Å². The number of aromatic nitrogens is 1. The van der Waals surface area contributed by atoms with Crippen molar-refractivity contribution in [3.05, 3.63) is 70.9 Å². The number of primary amides is 1. The number of fused-ring (bicyclic) bond motifs is 1. The smallest absolute Gasteiger partial charge is 0.250 e. The lowest BCUT2D eigenvalue weighted by Crippen LogP contribution is -2.15. The molecule has 0 spiro atoms. The van der Waals surface area contributed by atoms with Gasteiger partial charge in [-0.2, -0.15) is 0 Å². The predicted octanol–water partition coefficient (Wildman–Crippen LogP) is 3.88. The number of benzene rings is 2. The number of nitrogens with zero attached hydrogens (tertiary/aromatic N) is 1. The zero-order chi connectivity index (χ0) is 19.7. The summed E-state index contributed by atoms with van der Waals surface area (Å²) in [5.41, 5.74) is 11.5. The summed E-state index contributed by atoms with van der Waals surface area (Å²) in [6.07, 6.45) is 0.867. The van der Waals surface area contributed by atoms with Crippen LogP contribution in [0.3, 0.4) is 0 Å². The van der Waals surface area contributed by atoms with Gasteiger partial charge in [-0.1, -0.05) is 29.8 Å². The van der Waals surface area contributed by atoms with Crippen LogP contribution in [-0.2, 0) is 13.0 Å². The molecule has 3 aromatic rings. The van der Waals surface area contributed by atoms with Gasteiger partial charge in [-0.25, -0.2) is 0 Å². The van der Waals surface area contributed by atoms with E-state index < -0.39 is 5.91 Å². The largest absolute Gasteiger partial charge is 0.486 e. The summed E-state index contributed by atoms with van der Waals surface area (Å²) < 4.78 is 13.5. The maximum Gasteiger partial charge on any atom is 0.250 e. The van der Waals surface area contributed by atoms with Crippen molar-refractivity contribution in [1.29, 1.82) is 0 Å². The zero-order valence-electron chi connectivity index (χ0n) is 16.2. The summed E-state index contributed by atoms with van der Waals surface area (Å²) >= 11 is 0. The Balaban J connectivity index is 1.70. The van der Waals surface area contributed by atoms with Crippen LogP contribution in [0.15, 0.2) is 48.5 Å². The minimum atomic E-state index is -0.412. The molecule has 0 fully saturated rings. The molecule has 2 heterocycles. The zero-order valence-corrected chi connectivity index (χ0v) is 16.2. The highest BCUT2D eigenvalue weighted by Crippen LogP contribution is 2.36. The third kappa shape index (κ3) is 3.48. The topological polar surface area (TPSA) is 66.5 Å². The van der Waals surface area contributed by atoms with E-state index in [1.807, 2.05) is 31.2 Å². The number of nitrogens with two attached hydrogens (primary N) is 1. The molecular weight excluding hydrogens is 352 g/mol. The minimum absolute atomic E-state index is 0.412. The second-order valence-electron chi connectivity index (χ2n) is 7.14. The second kappa shape index (κ2) is 7.43. The summed E-state index contributed by atoms with van der Waals surface area (Å²) in [6, 6.07) is 16.3. The van der Waals surface area contributed by atoms with E-state index in [4.69, 9.17) is 15.2 Å². The molecule has 28 heavy (non-hydrogen) atoms. The molecule has 0 aliphatic carbocycles. The SMILES string of the molecule is Cc1ccc(CCn2c(-c3ccc4c(c3)OCCO4)cc(C(N)=O)c2C)cc1. The van der Waals surface area contributed by atoms with E-state index in [2.05, 4.69) is 35.8 Å². The van der Waals surface area contributed by atoms with Gasteiger partial charge in [0.25, 0.3) is 5.91 Å². The molecule has 0 radical (unpaired) electrons. The van der Waals surface area contributed by atoms with Crippen LogP contribution in [0, 0.1) is 13.8 Å². The van der Waals surface area contributed by atoms with Crippen LogP contribution < -0.4 is 15.2 Å². The second-order valence-corrected chi connectivity index (χ2v) is 7.14. The van der Waals surface area contributed by atoms with Gasteiger partial charge in [-0.05, 0) is 50.1 Å². The van der Waals surface area contributed by atoms with Crippen LogP contribution in [0.5, 0.6) is 11.5 Å². The van der Waals surface area contributed by atoms with Gasteiger partial charge in [0, 0.05) is 23.5 Å². The van der Waals surface area contributed by atoms with E-state index >= 15 is 0 Å². The van der Waals surface area contributed by atoms with E-state index in [-0.39, 0.29) is 0 Å². The van der Waals surface area contributed by atoms with E-state index in [9.17, 15) is 4.79 Å². The van der Waals surface area contributed by atoms with Crippen molar-refractivity contribution >= 4 is 5.91 Å². The van der Waals surface area contributed by atoms with Crippen molar-refractivity contribution in [3.8, 4) is 22.8 Å². The first-order valence-electron chi connectivity index (χ1n) is 9.48. The molecule has 0 saturated heterocycles. The third-order valence-electron chi connectivity index (χ3n) is 5.21. The monoisotopic (exact) mass is 376 g/mol. The number of aryl methyl sites for hydroxylation is 2. The van der Waals surface area contributed by atoms with Crippen molar-refractivity contribution in [2.75, 3.05) is 13.2 Å². The molecule has 2 N–H and O–H groups in total. The number of hydrogen-bond donors (Lipinski definition) is 1. The van der Waals surface area contributed by atoms with Gasteiger partial charge in [0.15, 0.2) is 11.5 Å². The number of hydrogen-bond acceptors (Lipinski definition) is 3. The summed E-state index contributed by atoms with van der Waals surface area (Å²) in [7, 11) is 0. The first-order valence-corrected chi connectivity index (χ1v) is 9.48. The highest BCUT2D eigenvalue weighted by Gasteiger charge is 2.19. The summed E-state index contributed by atoms with van der Waals surface area (Å²) in [5, 5.41) is 0. The molecule has 4 rings (SSSR count). The van der Waals surface area contributed by atoms with E-state index in [0.717, 1.165) is 41.4 Å². The van der Waals surface area contributed by atoms with Gasteiger partial charge < -0.3 is 19.8 Å². The molecule has 1 aliphatic heterocycles. The molecular formula is C23H24N2O3. The van der Waals surface area contributed by atoms with Gasteiger partial charge in [0.2, 0.25) is 0 Å². The van der Waals surface area contributed by atoms with Crippen LogP contribution in [0.1, 0.15) is 27.2 Å². The molecule has 1 aliphatic rings. The van der Waals surface area contributed by atoms with Crippen LogP contribution >= 0.6 is 0 Å². The highest BCUT2D eigenvalue weighted by atomic mass is 16.6. The average molecular weight is 376 g/mol. The van der Waals surface area contributed by atoms with Crippen LogP contribution in [0.4, 0.5) is 0 Å². The van der Waals surface area contributed by atoms with Crippen LogP contribution in [0.2, 0.25) is 0 Å². The first-order chi connectivity index (χ1) is 13.5. The van der Waals surface area contributed by atoms with Gasteiger partial charge in [-0.3, -0.25) is 4.79 Å². The molecule has 5 nitrogen and oxygen atoms in total. The Bertz CT molecular complexity index is 1020. The Morgan fingerprint density at radius 3 is 2.43 bits per heavy atom. The van der Waals surface area contributed by atoms with Crippen molar-refractivity contribution < 1.29 is 14.3 Å². The van der Waals surface area contributed by atoms with Gasteiger partial charge in [0.1, 0.15) is 13.2 Å². The van der Waals surface area contributed by atoms with E-state index in [0.29, 0.717) is 18.8 Å². The minimum Gasteiger partial charge on any atom is -0.486 e. The van der Waals surface area contributed by atoms with Gasteiger partial charge in [0.05, 0.1) is 5.56 Å². The van der Waals surface area contributed by atoms with Crippen LogP contribution in [-0.4, -0.2) is 23.7 Å². The fourth-order valence-corrected chi connectivity index (χ4v) is 3.62. The van der Waals surface area contributed by atoms with Gasteiger partial charge >= 0.3 is 0 Å². The predicted molar refractivity (Wildman–Crippen MR) is 109 cm³/mol. The molecule has 0 saturated carbocycles. The number of amides is 1. The van der Waals surface area contributed by atoms with E-state index in [1.165, 1.54) is 11.1 Å². The molecule has 0 bridgehead atoms. The normalized spacial score (nSPS) is 12.8. The Labute approximate surface area is 164 Å². The summed E-state index contributed by atoms with van der Waals surface area (Å²) in [5.74, 6) is 1.07. The number of rotatable bonds is 5. The molecule has 0 atom stereocenters. The van der Waals surface area contributed by atoms with Crippen LogP contribution in [0.25, 0.3) is 11.3 Å². The molecule has 144 valence electrons. The number of carbonyl (C=O) groups excluding carboxylic acids is 1. The number of ether oxygens (including phenoxy) is 2. The highest BCUT2D eigenvalue weighted by molar-refractivity contribution is 5.95. The lowest BCUT2D eigenvalue weighted by Gasteiger charge is -2.19. The number of carbonyl (C=O) groups is 1. The third-order valence-corrected chi connectivity index (χ3v) is 5.21. The molecule has 1 aromatic heterocycles. The Hall–Kier alpha value is -3.21. The maximum absolute atomic E-state index is 11.9. The fourth-order valence-electron chi connectivity index (χ4n) is 3.62. The van der Waals surface area contributed by atoms with E-state index in [1.54, 1.807) is 0 Å². The Kier molecular flexibility index (Phi) is 4.82. The standard InChI is InChI=1S/C23H24N2O3/c1-15-3-5-17(6-4-15)9-10-25-16(2)19(23(24)26)14-20(25)18-7-8-21-22(13-18)28-12-11-27-21/h3-8,13-14H,9-12H2,1-2H3,(H2,24,26). The first kappa shape index (κ1) is 18.2. The molecule has 5 heteroatoms. The van der Waals surface area contributed by atoms with Crippen molar-refractivity contribution in [2.45, 2.75) is 26.8 Å².